The Hall–Kier alpha value is -0.260. The van der Waals surface area contributed by atoms with Crippen LogP contribution in [-0.2, 0) is 9.53 Å². The third-order valence-electron chi connectivity index (χ3n) is 3.30. The summed E-state index contributed by atoms with van der Waals surface area (Å²) in [5, 5.41) is 6.42. The second-order valence-electron chi connectivity index (χ2n) is 4.75. The standard InChI is InChI=1S/C12H22N2O2S/c15-12(14-10-3-5-16-6-4-10)8-13-11-2-1-7-17-9-11/h10-11,13H,1-9H2,(H,14,15). The van der Waals surface area contributed by atoms with E-state index in [1.165, 1.54) is 18.6 Å². The van der Waals surface area contributed by atoms with Crippen LogP contribution in [0, 0.1) is 0 Å². The van der Waals surface area contributed by atoms with Crippen LogP contribution < -0.4 is 10.6 Å². The lowest BCUT2D eigenvalue weighted by Gasteiger charge is -2.25. The molecule has 0 radical (unpaired) electrons. The monoisotopic (exact) mass is 258 g/mol. The zero-order valence-electron chi connectivity index (χ0n) is 10.2. The lowest BCUT2D eigenvalue weighted by molar-refractivity contribution is -0.121. The third-order valence-corrected chi connectivity index (χ3v) is 4.51. The van der Waals surface area contributed by atoms with Gasteiger partial charge in [-0.2, -0.15) is 11.8 Å². The maximum Gasteiger partial charge on any atom is 0.234 e. The number of nitrogens with one attached hydrogen (secondary N) is 2. The molecule has 4 nitrogen and oxygen atoms in total. The highest BCUT2D eigenvalue weighted by Crippen LogP contribution is 2.16. The highest BCUT2D eigenvalue weighted by molar-refractivity contribution is 7.99. The molecule has 98 valence electrons. The van der Waals surface area contributed by atoms with Gasteiger partial charge < -0.3 is 15.4 Å². The summed E-state index contributed by atoms with van der Waals surface area (Å²) in [4.78, 5) is 11.7. The second kappa shape index (κ2) is 7.24. The number of rotatable bonds is 4. The number of amides is 1. The highest BCUT2D eigenvalue weighted by Gasteiger charge is 2.17. The van der Waals surface area contributed by atoms with E-state index in [9.17, 15) is 4.79 Å². The van der Waals surface area contributed by atoms with E-state index in [2.05, 4.69) is 10.6 Å². The average molecular weight is 258 g/mol. The molecule has 1 amide bonds. The molecule has 2 saturated heterocycles. The minimum atomic E-state index is 0.132. The largest absolute Gasteiger partial charge is 0.381 e. The molecule has 2 N–H and O–H groups in total. The van der Waals surface area contributed by atoms with Crippen LogP contribution in [0.3, 0.4) is 0 Å². The minimum absolute atomic E-state index is 0.132. The Morgan fingerprint density at radius 1 is 1.24 bits per heavy atom. The SMILES string of the molecule is O=C(CNC1CCCSC1)NC1CCOCC1. The van der Waals surface area contributed by atoms with E-state index in [1.807, 2.05) is 11.8 Å². The number of carbonyl (C=O) groups excluding carboxylic acids is 1. The van der Waals surface area contributed by atoms with Gasteiger partial charge in [0.2, 0.25) is 5.91 Å². The molecule has 2 rings (SSSR count). The van der Waals surface area contributed by atoms with E-state index < -0.39 is 0 Å². The first-order valence-electron chi connectivity index (χ1n) is 6.53. The van der Waals surface area contributed by atoms with E-state index in [4.69, 9.17) is 4.74 Å². The Bertz CT molecular complexity index is 239. The van der Waals surface area contributed by atoms with E-state index in [-0.39, 0.29) is 5.91 Å². The van der Waals surface area contributed by atoms with E-state index in [0.717, 1.165) is 31.8 Å². The van der Waals surface area contributed by atoms with Gasteiger partial charge in [0.05, 0.1) is 6.54 Å². The fourth-order valence-electron chi connectivity index (χ4n) is 2.26. The first-order valence-corrected chi connectivity index (χ1v) is 7.68. The van der Waals surface area contributed by atoms with Crippen molar-refractivity contribution in [3.05, 3.63) is 0 Å². The van der Waals surface area contributed by atoms with Crippen LogP contribution in [0.15, 0.2) is 0 Å². The number of thioether (sulfide) groups is 1. The summed E-state index contributed by atoms with van der Waals surface area (Å²) in [5.74, 6) is 2.55. The molecule has 0 saturated carbocycles. The Kier molecular flexibility index (Phi) is 5.61. The van der Waals surface area contributed by atoms with Gasteiger partial charge >= 0.3 is 0 Å². The Balaban J connectivity index is 1.59. The predicted octanol–water partition coefficient (Wildman–Crippen LogP) is 0.767. The van der Waals surface area contributed by atoms with Crippen LogP contribution in [0.4, 0.5) is 0 Å². The zero-order valence-corrected chi connectivity index (χ0v) is 11.1. The lowest BCUT2D eigenvalue weighted by Crippen LogP contribution is -2.46. The molecule has 1 unspecified atom stereocenters. The molecule has 5 heteroatoms. The molecule has 0 aromatic rings. The normalized spacial score (nSPS) is 26.7. The summed E-state index contributed by atoms with van der Waals surface area (Å²) in [6.07, 6.45) is 4.37. The Morgan fingerprint density at radius 2 is 2.06 bits per heavy atom. The van der Waals surface area contributed by atoms with E-state index in [0.29, 0.717) is 18.6 Å². The first kappa shape index (κ1) is 13.2. The Labute approximate surface area is 107 Å². The van der Waals surface area contributed by atoms with Crippen molar-refractivity contribution in [1.29, 1.82) is 0 Å². The topological polar surface area (TPSA) is 50.4 Å². The van der Waals surface area contributed by atoms with Crippen LogP contribution in [0.1, 0.15) is 25.7 Å². The van der Waals surface area contributed by atoms with Gasteiger partial charge in [-0.25, -0.2) is 0 Å². The lowest BCUT2D eigenvalue weighted by atomic mass is 10.1. The van der Waals surface area contributed by atoms with Crippen LogP contribution in [0.25, 0.3) is 0 Å². The molecular weight excluding hydrogens is 236 g/mol. The number of hydrogen-bond acceptors (Lipinski definition) is 4. The fraction of sp³-hybridized carbons (Fsp3) is 0.917. The van der Waals surface area contributed by atoms with Crippen molar-refractivity contribution in [3.63, 3.8) is 0 Å². The summed E-state index contributed by atoms with van der Waals surface area (Å²) in [5.41, 5.74) is 0. The smallest absolute Gasteiger partial charge is 0.234 e. The highest BCUT2D eigenvalue weighted by atomic mass is 32.2. The van der Waals surface area contributed by atoms with Gasteiger partial charge in [-0.1, -0.05) is 0 Å². The second-order valence-corrected chi connectivity index (χ2v) is 5.90. The van der Waals surface area contributed by atoms with Crippen LogP contribution in [0.5, 0.6) is 0 Å². The van der Waals surface area contributed by atoms with Gasteiger partial charge in [0.1, 0.15) is 0 Å². The molecule has 0 bridgehead atoms. The molecule has 2 aliphatic rings. The summed E-state index contributed by atoms with van der Waals surface area (Å²) in [7, 11) is 0. The number of ether oxygens (including phenoxy) is 1. The van der Waals surface area contributed by atoms with Gasteiger partial charge in [0, 0.05) is 31.1 Å². The molecule has 0 aliphatic carbocycles. The van der Waals surface area contributed by atoms with E-state index in [1.54, 1.807) is 0 Å². The molecule has 2 aliphatic heterocycles. The molecule has 2 fully saturated rings. The van der Waals surface area contributed by atoms with Gasteiger partial charge in [-0.05, 0) is 31.4 Å². The summed E-state index contributed by atoms with van der Waals surface area (Å²) in [6.45, 7) is 2.01. The quantitative estimate of drug-likeness (QED) is 0.782. The minimum Gasteiger partial charge on any atom is -0.381 e. The van der Waals surface area contributed by atoms with Crippen molar-refractivity contribution >= 4 is 17.7 Å². The number of hydrogen-bond donors (Lipinski definition) is 2. The third kappa shape index (κ3) is 4.85. The van der Waals surface area contributed by atoms with Crippen molar-refractivity contribution in [3.8, 4) is 0 Å². The fourth-order valence-corrected chi connectivity index (χ4v) is 3.37. The van der Waals surface area contributed by atoms with Gasteiger partial charge in [-0.3, -0.25) is 4.79 Å². The molecule has 0 aromatic carbocycles. The zero-order chi connectivity index (χ0) is 11.9. The summed E-state index contributed by atoms with van der Waals surface area (Å²) < 4.78 is 5.27. The summed E-state index contributed by atoms with van der Waals surface area (Å²) >= 11 is 1.98. The van der Waals surface area contributed by atoms with Crippen molar-refractivity contribution in [1.82, 2.24) is 10.6 Å². The van der Waals surface area contributed by atoms with Crippen molar-refractivity contribution in [2.75, 3.05) is 31.3 Å². The summed E-state index contributed by atoms with van der Waals surface area (Å²) in [6, 6.07) is 0.841. The van der Waals surface area contributed by atoms with Crippen molar-refractivity contribution in [2.45, 2.75) is 37.8 Å². The Morgan fingerprint density at radius 3 is 2.76 bits per heavy atom. The van der Waals surface area contributed by atoms with Gasteiger partial charge in [0.25, 0.3) is 0 Å². The average Bonchev–Trinajstić information content (AvgIpc) is 2.39. The number of carbonyl (C=O) groups is 1. The van der Waals surface area contributed by atoms with Crippen LogP contribution in [0.2, 0.25) is 0 Å². The van der Waals surface area contributed by atoms with Gasteiger partial charge in [0.15, 0.2) is 0 Å². The van der Waals surface area contributed by atoms with Gasteiger partial charge in [-0.15, -0.1) is 0 Å². The molecule has 1 atom stereocenters. The maximum atomic E-state index is 11.7. The molecular formula is C12H22N2O2S. The first-order chi connectivity index (χ1) is 8.34. The maximum absolute atomic E-state index is 11.7. The van der Waals surface area contributed by atoms with Crippen LogP contribution >= 0.6 is 11.8 Å². The molecule has 0 spiro atoms. The molecule has 17 heavy (non-hydrogen) atoms. The van der Waals surface area contributed by atoms with Crippen molar-refractivity contribution in [2.24, 2.45) is 0 Å². The molecule has 2 heterocycles. The van der Waals surface area contributed by atoms with Crippen molar-refractivity contribution < 1.29 is 9.53 Å². The predicted molar refractivity (Wildman–Crippen MR) is 70.3 cm³/mol. The van der Waals surface area contributed by atoms with E-state index >= 15 is 0 Å². The van der Waals surface area contributed by atoms with Crippen LogP contribution in [-0.4, -0.2) is 49.3 Å². The molecule has 0 aromatic heterocycles.